The topological polar surface area (TPSA) is 64.7 Å². The fraction of sp³-hybridized carbons (Fsp3) is 0.182. The summed E-state index contributed by atoms with van der Waals surface area (Å²) >= 11 is 0. The Balaban J connectivity index is 2.49. The average Bonchev–Trinajstić information content (AvgIpc) is 2.29. The summed E-state index contributed by atoms with van der Waals surface area (Å²) in [6, 6.07) is 5.53. The van der Waals surface area contributed by atoms with Gasteiger partial charge in [0.25, 0.3) is 0 Å². The van der Waals surface area contributed by atoms with Gasteiger partial charge in [-0.2, -0.15) is 0 Å². The van der Waals surface area contributed by atoms with Gasteiger partial charge in [-0.3, -0.25) is 4.98 Å². The molecule has 0 amide bonds. The molecule has 2 rings (SSSR count). The molecule has 0 aliphatic rings. The Morgan fingerprint density at radius 3 is 2.60 bits per heavy atom. The summed E-state index contributed by atoms with van der Waals surface area (Å²) in [7, 11) is 0. The summed E-state index contributed by atoms with van der Waals surface area (Å²) < 4.78 is 0. The zero-order chi connectivity index (χ0) is 10.7. The van der Waals surface area contributed by atoms with Gasteiger partial charge in [0.1, 0.15) is 5.82 Å². The van der Waals surface area contributed by atoms with Gasteiger partial charge in [-0.1, -0.05) is 6.92 Å². The van der Waals surface area contributed by atoms with Crippen molar-refractivity contribution in [2.24, 2.45) is 0 Å². The standard InChI is InChI=1S/C11H12N4/c1-2-9-7-10(12)15-11(14-9)8-3-5-13-6-4-8/h3-7H,2H2,1H3,(H2,12,14,15). The molecule has 76 valence electrons. The lowest BCUT2D eigenvalue weighted by Crippen LogP contribution is -1.99. The Kier molecular flexibility index (Phi) is 2.58. The number of aryl methyl sites for hydroxylation is 1. The molecular formula is C11H12N4. The second kappa shape index (κ2) is 4.04. The van der Waals surface area contributed by atoms with Gasteiger partial charge in [0.15, 0.2) is 5.82 Å². The summed E-state index contributed by atoms with van der Waals surface area (Å²) in [5, 5.41) is 0. The van der Waals surface area contributed by atoms with Gasteiger partial charge in [0, 0.05) is 29.7 Å². The van der Waals surface area contributed by atoms with Gasteiger partial charge >= 0.3 is 0 Å². The van der Waals surface area contributed by atoms with Crippen molar-refractivity contribution in [1.29, 1.82) is 0 Å². The van der Waals surface area contributed by atoms with Crippen molar-refractivity contribution in [1.82, 2.24) is 15.0 Å². The highest BCUT2D eigenvalue weighted by molar-refractivity contribution is 5.55. The van der Waals surface area contributed by atoms with E-state index in [4.69, 9.17) is 5.73 Å². The molecule has 0 unspecified atom stereocenters. The maximum absolute atomic E-state index is 5.71. The van der Waals surface area contributed by atoms with E-state index in [2.05, 4.69) is 15.0 Å². The van der Waals surface area contributed by atoms with Gasteiger partial charge < -0.3 is 5.73 Å². The summed E-state index contributed by atoms with van der Waals surface area (Å²) in [5.41, 5.74) is 7.60. The molecular weight excluding hydrogens is 188 g/mol. The lowest BCUT2D eigenvalue weighted by molar-refractivity contribution is 1.01. The molecule has 0 aliphatic heterocycles. The van der Waals surface area contributed by atoms with Crippen LogP contribution in [0.3, 0.4) is 0 Å². The minimum atomic E-state index is 0.508. The van der Waals surface area contributed by atoms with Crippen molar-refractivity contribution in [2.75, 3.05) is 5.73 Å². The Hall–Kier alpha value is -1.97. The third-order valence-corrected chi connectivity index (χ3v) is 2.10. The zero-order valence-electron chi connectivity index (χ0n) is 8.51. The molecule has 0 fully saturated rings. The molecule has 0 bridgehead atoms. The highest BCUT2D eigenvalue weighted by Crippen LogP contribution is 2.15. The third-order valence-electron chi connectivity index (χ3n) is 2.10. The number of nitrogens with zero attached hydrogens (tertiary/aromatic N) is 3. The lowest BCUT2D eigenvalue weighted by atomic mass is 10.2. The summed E-state index contributed by atoms with van der Waals surface area (Å²) in [5.74, 6) is 1.17. The van der Waals surface area contributed by atoms with Crippen LogP contribution in [0, 0.1) is 0 Å². The van der Waals surface area contributed by atoms with Gasteiger partial charge in [-0.25, -0.2) is 9.97 Å². The van der Waals surface area contributed by atoms with Crippen LogP contribution in [0.5, 0.6) is 0 Å². The smallest absolute Gasteiger partial charge is 0.161 e. The number of hydrogen-bond donors (Lipinski definition) is 1. The second-order valence-corrected chi connectivity index (χ2v) is 3.20. The lowest BCUT2D eigenvalue weighted by Gasteiger charge is -2.03. The van der Waals surface area contributed by atoms with Crippen LogP contribution in [0.25, 0.3) is 11.4 Å². The number of pyridine rings is 1. The summed E-state index contributed by atoms with van der Waals surface area (Å²) in [6.45, 7) is 2.04. The first-order chi connectivity index (χ1) is 7.29. The molecule has 4 heteroatoms. The van der Waals surface area contributed by atoms with Gasteiger partial charge in [-0.05, 0) is 18.6 Å². The fourth-order valence-corrected chi connectivity index (χ4v) is 1.33. The van der Waals surface area contributed by atoms with Gasteiger partial charge in [0.05, 0.1) is 0 Å². The first-order valence-electron chi connectivity index (χ1n) is 4.83. The van der Waals surface area contributed by atoms with Crippen molar-refractivity contribution in [3.63, 3.8) is 0 Å². The molecule has 2 heterocycles. The van der Waals surface area contributed by atoms with Gasteiger partial charge in [-0.15, -0.1) is 0 Å². The second-order valence-electron chi connectivity index (χ2n) is 3.20. The minimum Gasteiger partial charge on any atom is -0.384 e. The van der Waals surface area contributed by atoms with Crippen LogP contribution in [-0.4, -0.2) is 15.0 Å². The molecule has 2 aromatic heterocycles. The quantitative estimate of drug-likeness (QED) is 0.801. The first kappa shape index (κ1) is 9.58. The van der Waals surface area contributed by atoms with Crippen LogP contribution < -0.4 is 5.73 Å². The zero-order valence-corrected chi connectivity index (χ0v) is 8.51. The molecule has 15 heavy (non-hydrogen) atoms. The number of nitrogen functional groups attached to an aromatic ring is 1. The van der Waals surface area contributed by atoms with E-state index in [9.17, 15) is 0 Å². The normalized spacial score (nSPS) is 10.2. The van der Waals surface area contributed by atoms with E-state index < -0.39 is 0 Å². The van der Waals surface area contributed by atoms with Crippen molar-refractivity contribution >= 4 is 5.82 Å². The molecule has 2 aromatic rings. The molecule has 0 saturated carbocycles. The van der Waals surface area contributed by atoms with E-state index >= 15 is 0 Å². The number of nitrogens with two attached hydrogens (primary N) is 1. The molecule has 0 spiro atoms. The highest BCUT2D eigenvalue weighted by Gasteiger charge is 2.03. The number of rotatable bonds is 2. The molecule has 0 aliphatic carbocycles. The molecule has 0 atom stereocenters. The minimum absolute atomic E-state index is 0.508. The Labute approximate surface area is 88.2 Å². The van der Waals surface area contributed by atoms with Crippen LogP contribution in [0.15, 0.2) is 30.6 Å². The Morgan fingerprint density at radius 1 is 1.20 bits per heavy atom. The highest BCUT2D eigenvalue weighted by atomic mass is 14.9. The molecule has 0 saturated heterocycles. The average molecular weight is 200 g/mol. The Bertz CT molecular complexity index is 453. The van der Waals surface area contributed by atoms with Crippen molar-refractivity contribution < 1.29 is 0 Å². The predicted molar refractivity (Wildman–Crippen MR) is 59.1 cm³/mol. The molecule has 0 aromatic carbocycles. The van der Waals surface area contributed by atoms with Crippen LogP contribution >= 0.6 is 0 Å². The van der Waals surface area contributed by atoms with Gasteiger partial charge in [0.2, 0.25) is 0 Å². The fourth-order valence-electron chi connectivity index (χ4n) is 1.33. The number of aromatic nitrogens is 3. The van der Waals surface area contributed by atoms with E-state index in [0.29, 0.717) is 11.6 Å². The number of hydrogen-bond acceptors (Lipinski definition) is 4. The van der Waals surface area contributed by atoms with E-state index in [1.54, 1.807) is 18.5 Å². The van der Waals surface area contributed by atoms with Crippen LogP contribution in [0.4, 0.5) is 5.82 Å². The maximum Gasteiger partial charge on any atom is 0.161 e. The van der Waals surface area contributed by atoms with Crippen LogP contribution in [0.1, 0.15) is 12.6 Å². The molecule has 4 nitrogen and oxygen atoms in total. The summed E-state index contributed by atoms with van der Waals surface area (Å²) in [4.78, 5) is 12.5. The SMILES string of the molecule is CCc1cc(N)nc(-c2ccncc2)n1. The van der Waals surface area contributed by atoms with Crippen LogP contribution in [-0.2, 0) is 6.42 Å². The number of anilines is 1. The van der Waals surface area contributed by atoms with Crippen molar-refractivity contribution in [3.05, 3.63) is 36.3 Å². The summed E-state index contributed by atoms with van der Waals surface area (Å²) in [6.07, 6.45) is 4.28. The Morgan fingerprint density at radius 2 is 1.93 bits per heavy atom. The van der Waals surface area contributed by atoms with E-state index in [-0.39, 0.29) is 0 Å². The third kappa shape index (κ3) is 2.10. The van der Waals surface area contributed by atoms with E-state index in [0.717, 1.165) is 17.7 Å². The van der Waals surface area contributed by atoms with Crippen molar-refractivity contribution in [2.45, 2.75) is 13.3 Å². The van der Waals surface area contributed by atoms with Crippen LogP contribution in [0.2, 0.25) is 0 Å². The predicted octanol–water partition coefficient (Wildman–Crippen LogP) is 1.68. The monoisotopic (exact) mass is 200 g/mol. The molecule has 2 N–H and O–H groups in total. The first-order valence-corrected chi connectivity index (χ1v) is 4.83. The largest absolute Gasteiger partial charge is 0.384 e. The van der Waals surface area contributed by atoms with Crippen molar-refractivity contribution in [3.8, 4) is 11.4 Å². The maximum atomic E-state index is 5.71. The van der Waals surface area contributed by atoms with E-state index in [1.165, 1.54) is 0 Å². The molecule has 0 radical (unpaired) electrons. The van der Waals surface area contributed by atoms with E-state index in [1.807, 2.05) is 19.1 Å².